The number of likely N-dealkylation sites (N-methyl/N-ethyl adjacent to an activating group) is 1. The Morgan fingerprint density at radius 1 is 1.41 bits per heavy atom. The van der Waals surface area contributed by atoms with Crippen LogP contribution >= 0.6 is 7.75 Å². The van der Waals surface area contributed by atoms with Crippen molar-refractivity contribution >= 4 is 24.6 Å². The maximum Gasteiger partial charge on any atom is 0.403 e. The first-order valence-corrected chi connectivity index (χ1v) is 13.8. The fourth-order valence-corrected chi connectivity index (χ4v) is 5.47. The molecule has 0 spiro atoms. The van der Waals surface area contributed by atoms with Gasteiger partial charge in [0.25, 0.3) is 5.56 Å². The number of azide groups is 1. The normalized spacial score (nSPS) is 21.3. The van der Waals surface area contributed by atoms with Crippen LogP contribution in [0, 0.1) is 6.92 Å². The van der Waals surface area contributed by atoms with E-state index in [1.165, 1.54) is 13.1 Å². The Bertz CT molecular complexity index is 1560. The predicted molar refractivity (Wildman–Crippen MR) is 141 cm³/mol. The minimum Gasteiger partial charge on any atom is -0.361 e. The van der Waals surface area contributed by atoms with Crippen LogP contribution in [0.5, 0.6) is 0 Å². The van der Waals surface area contributed by atoms with Crippen LogP contribution in [0.1, 0.15) is 30.7 Å². The number of rotatable bonds is 11. The quantitative estimate of drug-likeness (QED) is 0.100. The third-order valence-electron chi connectivity index (χ3n) is 6.36. The van der Waals surface area contributed by atoms with Crippen molar-refractivity contribution in [1.82, 2.24) is 24.9 Å². The SMILES string of the molecule is CCNC(=O)[C@H](Cc1c[nH]c2ccccc12)NP(=O)(O)OC[C@H]1OC(n2cc(C)c(=O)[nH]c2=O)CC1N=[N+]=[N-]. The molecule has 2 aromatic heterocycles. The Morgan fingerprint density at radius 3 is 2.92 bits per heavy atom. The first kappa shape index (κ1) is 28.3. The number of aromatic nitrogens is 3. The average molecular weight is 561 g/mol. The van der Waals surface area contributed by atoms with Gasteiger partial charge in [0, 0.05) is 46.7 Å². The molecule has 1 fully saturated rings. The molecule has 1 aliphatic rings. The number of hydrogen-bond donors (Lipinski definition) is 5. The second-order valence-electron chi connectivity index (χ2n) is 9.07. The van der Waals surface area contributed by atoms with E-state index in [4.69, 9.17) is 14.8 Å². The summed E-state index contributed by atoms with van der Waals surface area (Å²) in [6.45, 7) is 3.09. The summed E-state index contributed by atoms with van der Waals surface area (Å²) in [7, 11) is -4.57. The van der Waals surface area contributed by atoms with Crippen molar-refractivity contribution in [3.63, 3.8) is 0 Å². The van der Waals surface area contributed by atoms with E-state index in [1.54, 1.807) is 13.1 Å². The van der Waals surface area contributed by atoms with E-state index in [1.807, 2.05) is 24.3 Å². The number of para-hydroxylation sites is 1. The smallest absolute Gasteiger partial charge is 0.361 e. The van der Waals surface area contributed by atoms with E-state index in [0.717, 1.165) is 21.0 Å². The van der Waals surface area contributed by atoms with Crippen LogP contribution in [0.15, 0.2) is 51.4 Å². The van der Waals surface area contributed by atoms with E-state index in [9.17, 15) is 23.8 Å². The maximum absolute atomic E-state index is 13.0. The van der Waals surface area contributed by atoms with E-state index in [2.05, 4.69) is 30.4 Å². The van der Waals surface area contributed by atoms with Gasteiger partial charge in [-0.15, -0.1) is 0 Å². The largest absolute Gasteiger partial charge is 0.403 e. The summed E-state index contributed by atoms with van der Waals surface area (Å²) in [5.41, 5.74) is 9.62. The number of hydrogen-bond acceptors (Lipinski definition) is 7. The van der Waals surface area contributed by atoms with E-state index < -0.39 is 55.9 Å². The fraction of sp³-hybridized carbons (Fsp3) is 0.435. The minimum atomic E-state index is -4.57. The molecular weight excluding hydrogens is 531 g/mol. The monoisotopic (exact) mass is 560 g/mol. The number of aryl methyl sites for hydroxylation is 1. The molecule has 1 aliphatic heterocycles. The van der Waals surface area contributed by atoms with Crippen molar-refractivity contribution in [3.8, 4) is 0 Å². The second-order valence-corrected chi connectivity index (χ2v) is 10.6. The molecule has 4 rings (SSSR count). The van der Waals surface area contributed by atoms with Crippen molar-refractivity contribution in [2.24, 2.45) is 5.11 Å². The van der Waals surface area contributed by atoms with Gasteiger partial charge < -0.3 is 19.9 Å². The van der Waals surface area contributed by atoms with Crippen molar-refractivity contribution in [1.29, 1.82) is 0 Å². The van der Waals surface area contributed by atoms with E-state index in [0.29, 0.717) is 6.54 Å². The third-order valence-corrected chi connectivity index (χ3v) is 7.50. The number of carbonyl (C=O) groups excluding carboxylic acids is 1. The number of benzene rings is 1. The number of H-pyrrole nitrogens is 2. The molecule has 5 atom stereocenters. The molecule has 16 heteroatoms. The number of nitrogens with zero attached hydrogens (tertiary/aromatic N) is 4. The highest BCUT2D eigenvalue weighted by atomic mass is 31.2. The molecule has 5 N–H and O–H groups in total. The number of carbonyl (C=O) groups is 1. The minimum absolute atomic E-state index is 0.0642. The van der Waals surface area contributed by atoms with Crippen LogP contribution in [0.2, 0.25) is 0 Å². The summed E-state index contributed by atoms with van der Waals surface area (Å²) in [6.07, 6.45) is 1.33. The molecule has 0 aliphatic carbocycles. The molecule has 0 bridgehead atoms. The Kier molecular flexibility index (Phi) is 8.70. The maximum atomic E-state index is 13.0. The van der Waals surface area contributed by atoms with Crippen LogP contribution in [0.3, 0.4) is 0 Å². The first-order chi connectivity index (χ1) is 18.6. The summed E-state index contributed by atoms with van der Waals surface area (Å²) in [4.78, 5) is 55.4. The predicted octanol–water partition coefficient (Wildman–Crippen LogP) is 1.75. The summed E-state index contributed by atoms with van der Waals surface area (Å²) in [6, 6.07) is 5.55. The molecule has 1 saturated heterocycles. The highest BCUT2D eigenvalue weighted by Gasteiger charge is 2.39. The number of ether oxygens (including phenoxy) is 1. The van der Waals surface area contributed by atoms with Gasteiger partial charge in [-0.2, -0.15) is 0 Å². The van der Waals surface area contributed by atoms with E-state index >= 15 is 0 Å². The molecular formula is C23H29N8O7P. The standard InChI is InChI=1S/C23H29N8O7P/c1-3-25-22(33)18(8-14-10-26-16-7-5-4-6-15(14)16)29-39(35,36)37-12-19-17(28-30-24)9-20(38-19)31-11-13(2)21(32)27-23(31)34/h4-7,10-11,17-20,26H,3,8-9,12H2,1-2H3,(H,25,33)(H,27,32,34)(H2,29,35,36)/t17?,18-,19+,20?/m0/s1. The van der Waals surface area contributed by atoms with Crippen molar-refractivity contribution < 1.29 is 23.5 Å². The zero-order chi connectivity index (χ0) is 28.2. The van der Waals surface area contributed by atoms with Gasteiger partial charge in [-0.05, 0) is 37.4 Å². The van der Waals surface area contributed by atoms with Gasteiger partial charge in [0.05, 0.1) is 18.8 Å². The van der Waals surface area contributed by atoms with Crippen LogP contribution in [-0.4, -0.2) is 56.7 Å². The van der Waals surface area contributed by atoms with Gasteiger partial charge in [-0.1, -0.05) is 23.3 Å². The molecule has 1 amide bonds. The van der Waals surface area contributed by atoms with Gasteiger partial charge in [0.15, 0.2) is 0 Å². The topological polar surface area (TPSA) is 216 Å². The molecule has 0 saturated carbocycles. The molecule has 3 unspecified atom stereocenters. The molecule has 15 nitrogen and oxygen atoms in total. The second kappa shape index (κ2) is 12.0. The highest BCUT2D eigenvalue weighted by Crippen LogP contribution is 2.40. The molecule has 3 heterocycles. The third kappa shape index (κ3) is 6.66. The summed E-state index contributed by atoms with van der Waals surface area (Å²) in [5.74, 6) is -0.488. The molecule has 208 valence electrons. The summed E-state index contributed by atoms with van der Waals surface area (Å²) < 4.78 is 25.3. The highest BCUT2D eigenvalue weighted by molar-refractivity contribution is 7.50. The summed E-state index contributed by atoms with van der Waals surface area (Å²) >= 11 is 0. The van der Waals surface area contributed by atoms with Crippen LogP contribution in [-0.2, 0) is 25.0 Å². The number of amides is 1. The molecule has 3 aromatic rings. The van der Waals surface area contributed by atoms with Crippen LogP contribution in [0.25, 0.3) is 21.3 Å². The van der Waals surface area contributed by atoms with Gasteiger partial charge in [-0.3, -0.25) is 23.7 Å². The lowest BCUT2D eigenvalue weighted by Gasteiger charge is -2.23. The van der Waals surface area contributed by atoms with Gasteiger partial charge in [-0.25, -0.2) is 14.4 Å². The van der Waals surface area contributed by atoms with Gasteiger partial charge >= 0.3 is 13.4 Å². The zero-order valence-corrected chi connectivity index (χ0v) is 22.1. The van der Waals surface area contributed by atoms with Crippen LogP contribution < -0.4 is 21.7 Å². The van der Waals surface area contributed by atoms with Crippen LogP contribution in [0.4, 0.5) is 0 Å². The van der Waals surface area contributed by atoms with Crippen molar-refractivity contribution in [2.45, 2.75) is 51.1 Å². The lowest BCUT2D eigenvalue weighted by molar-refractivity contribution is -0.122. The summed E-state index contributed by atoms with van der Waals surface area (Å²) in [5, 5.41) is 9.62. The zero-order valence-electron chi connectivity index (χ0n) is 21.2. The van der Waals surface area contributed by atoms with Crippen molar-refractivity contribution in [2.75, 3.05) is 13.2 Å². The Labute approximate surface area is 221 Å². The lowest BCUT2D eigenvalue weighted by Crippen LogP contribution is -2.44. The Morgan fingerprint density at radius 2 is 2.18 bits per heavy atom. The number of fused-ring (bicyclic) bond motifs is 1. The fourth-order valence-electron chi connectivity index (χ4n) is 4.45. The van der Waals surface area contributed by atoms with E-state index in [-0.39, 0.29) is 18.4 Å². The Hall–Kier alpha value is -3.71. The Balaban J connectivity index is 1.47. The lowest BCUT2D eigenvalue weighted by atomic mass is 10.1. The number of aromatic amines is 2. The number of nitrogens with one attached hydrogen (secondary N) is 4. The van der Waals surface area contributed by atoms with Gasteiger partial charge in [0.2, 0.25) is 5.91 Å². The van der Waals surface area contributed by atoms with Crippen molar-refractivity contribution in [3.05, 3.63) is 79.1 Å². The molecule has 1 aromatic carbocycles. The molecule has 39 heavy (non-hydrogen) atoms. The first-order valence-electron chi connectivity index (χ1n) is 12.2. The average Bonchev–Trinajstić information content (AvgIpc) is 3.49. The van der Waals surface area contributed by atoms with Gasteiger partial charge in [0.1, 0.15) is 12.3 Å². The molecule has 0 radical (unpaired) electrons.